The fourth-order valence-corrected chi connectivity index (χ4v) is 10.3. The largest absolute Gasteiger partial charge is 0.464 e. The van der Waals surface area contributed by atoms with Gasteiger partial charge in [0.15, 0.2) is 14.0 Å². The Morgan fingerprint density at radius 1 is 1.16 bits per heavy atom. The summed E-state index contributed by atoms with van der Waals surface area (Å²) in [7, 11) is 0.591. The summed E-state index contributed by atoms with van der Waals surface area (Å²) >= 11 is 0. The van der Waals surface area contributed by atoms with Crippen LogP contribution in [0.4, 0.5) is 4.79 Å². The number of rotatable bonds is 15. The summed E-state index contributed by atoms with van der Waals surface area (Å²) in [5.41, 5.74) is 0.940. The smallest absolute Gasteiger partial charge is 0.394 e. The van der Waals surface area contributed by atoms with Crippen LogP contribution in [-0.2, 0) is 20.3 Å². The van der Waals surface area contributed by atoms with Crippen LogP contribution in [-0.4, -0.2) is 76.1 Å². The normalized spacial score (nSPS) is 12.3. The van der Waals surface area contributed by atoms with Crippen molar-refractivity contribution < 1.29 is 32.7 Å². The van der Waals surface area contributed by atoms with Crippen LogP contribution < -0.4 is 5.32 Å². The highest BCUT2D eigenvalue weighted by atomic mass is 28.4. The van der Waals surface area contributed by atoms with Gasteiger partial charge in [-0.1, -0.05) is 60.1 Å². The number of oxazole rings is 1. The summed E-state index contributed by atoms with van der Waals surface area (Å²) < 4.78 is 22.1. The van der Waals surface area contributed by atoms with Gasteiger partial charge >= 0.3 is 23.9 Å². The molecule has 0 unspecified atom stereocenters. The molecule has 2 amide bonds. The average Bonchev–Trinajstić information content (AvgIpc) is 3.29. The number of carbonyl (C=O) groups is 3. The van der Waals surface area contributed by atoms with E-state index in [4.69, 9.17) is 24.7 Å². The highest BCUT2D eigenvalue weighted by molar-refractivity contribution is 6.77. The van der Waals surface area contributed by atoms with Gasteiger partial charge in [0, 0.05) is 13.5 Å². The molecular weight excluding hydrogens is 506 g/mol. The maximum absolute atomic E-state index is 12.8. The fraction of sp³-hybridized carbons (Fsp3) is 0.630. The third kappa shape index (κ3) is 8.46. The predicted molar refractivity (Wildman–Crippen MR) is 147 cm³/mol. The number of nitrogens with zero attached hydrogens (tertiary/aromatic N) is 2. The molecule has 212 valence electrons. The van der Waals surface area contributed by atoms with Gasteiger partial charge in [-0.25, -0.2) is 14.4 Å². The zero-order chi connectivity index (χ0) is 29.0. The summed E-state index contributed by atoms with van der Waals surface area (Å²) in [4.78, 5) is 42.7. The number of hydrogen-bond acceptors (Lipinski definition) is 8. The molecule has 1 aromatic rings. The van der Waals surface area contributed by atoms with Gasteiger partial charge in [0.2, 0.25) is 0 Å². The molecule has 0 bridgehead atoms. The van der Waals surface area contributed by atoms with Crippen molar-refractivity contribution in [1.29, 1.82) is 0 Å². The van der Waals surface area contributed by atoms with Gasteiger partial charge in [-0.3, -0.25) is 0 Å². The molecule has 11 heteroatoms. The van der Waals surface area contributed by atoms with Crippen LogP contribution in [0.15, 0.2) is 17.1 Å². The molecule has 1 atom stereocenters. The molecule has 1 heterocycles. The first-order chi connectivity index (χ1) is 17.8. The Kier molecular flexibility index (Phi) is 13.3. The van der Waals surface area contributed by atoms with Crippen LogP contribution in [0.5, 0.6) is 0 Å². The minimum Gasteiger partial charge on any atom is -0.464 e. The van der Waals surface area contributed by atoms with E-state index in [1.54, 1.807) is 7.05 Å². The van der Waals surface area contributed by atoms with Gasteiger partial charge < -0.3 is 28.5 Å². The average molecular weight is 550 g/mol. The molecule has 0 spiro atoms. The van der Waals surface area contributed by atoms with Gasteiger partial charge in [0.05, 0.1) is 26.3 Å². The Morgan fingerprint density at radius 3 is 2.26 bits per heavy atom. The maximum atomic E-state index is 12.8. The highest BCUT2D eigenvalue weighted by Crippen LogP contribution is 2.42. The van der Waals surface area contributed by atoms with E-state index in [0.717, 1.165) is 0 Å². The number of carbonyl (C=O) groups excluding carboxylic acids is 3. The standard InChI is InChI=1S/C27H43N3O7Si/c1-11-15-30(9)27(33)28-21(17-36-38(18(3)4,19(5)6)20(7)8)13-14-22-23(25(31)34-10)29-24(37-22)26(32)35-16-12-2/h1,12,18-21H,2,13-17H2,3-10H3,(H,28,33)/t21-/m0/s1. The monoisotopic (exact) mass is 549 g/mol. The van der Waals surface area contributed by atoms with E-state index in [2.05, 4.69) is 64.3 Å². The molecule has 1 aromatic heterocycles. The molecule has 1 rings (SSSR count). The second-order valence-corrected chi connectivity index (χ2v) is 15.5. The number of amides is 2. The van der Waals surface area contributed by atoms with E-state index in [9.17, 15) is 14.4 Å². The predicted octanol–water partition coefficient (Wildman–Crippen LogP) is 4.57. The van der Waals surface area contributed by atoms with Crippen molar-refractivity contribution >= 4 is 26.3 Å². The first-order valence-corrected chi connectivity index (χ1v) is 14.9. The number of urea groups is 1. The first-order valence-electron chi connectivity index (χ1n) is 12.8. The maximum Gasteiger partial charge on any atom is 0.394 e. The Bertz CT molecular complexity index is 976. The molecule has 38 heavy (non-hydrogen) atoms. The van der Waals surface area contributed by atoms with Crippen molar-refractivity contribution in [3.05, 3.63) is 30.0 Å². The molecule has 0 radical (unpaired) electrons. The van der Waals surface area contributed by atoms with Crippen molar-refractivity contribution in [1.82, 2.24) is 15.2 Å². The number of hydrogen-bond donors (Lipinski definition) is 1. The molecule has 0 aliphatic rings. The highest BCUT2D eigenvalue weighted by Gasteiger charge is 2.45. The van der Waals surface area contributed by atoms with Crippen LogP contribution in [0.3, 0.4) is 0 Å². The zero-order valence-corrected chi connectivity index (χ0v) is 25.0. The Morgan fingerprint density at radius 2 is 1.76 bits per heavy atom. The number of methoxy groups -OCH3 is 1. The molecule has 10 nitrogen and oxygen atoms in total. The van der Waals surface area contributed by atoms with E-state index in [0.29, 0.717) is 23.0 Å². The quantitative estimate of drug-likeness (QED) is 0.146. The molecule has 1 N–H and O–H groups in total. The minimum atomic E-state index is -2.23. The Labute approximate surface area is 227 Å². The second-order valence-electron chi connectivity index (χ2n) is 10.0. The van der Waals surface area contributed by atoms with E-state index >= 15 is 0 Å². The molecule has 0 fully saturated rings. The number of aryl methyl sites for hydroxylation is 1. The van der Waals surface area contributed by atoms with E-state index < -0.39 is 26.3 Å². The van der Waals surface area contributed by atoms with Crippen LogP contribution >= 0.6 is 0 Å². The van der Waals surface area contributed by atoms with E-state index in [1.807, 2.05) is 0 Å². The lowest BCUT2D eigenvalue weighted by molar-refractivity contribution is 0.0502. The van der Waals surface area contributed by atoms with Crippen molar-refractivity contribution in [3.63, 3.8) is 0 Å². The second kappa shape index (κ2) is 15.3. The summed E-state index contributed by atoms with van der Waals surface area (Å²) in [6.07, 6.45) is 7.29. The zero-order valence-electron chi connectivity index (χ0n) is 24.0. The number of terminal acetylenes is 1. The summed E-state index contributed by atoms with van der Waals surface area (Å²) in [5.74, 6) is 0.666. The van der Waals surface area contributed by atoms with Crippen LogP contribution in [0.2, 0.25) is 16.6 Å². The lowest BCUT2D eigenvalue weighted by Crippen LogP contribution is -2.52. The van der Waals surface area contributed by atoms with E-state index in [-0.39, 0.29) is 49.6 Å². The summed E-state index contributed by atoms with van der Waals surface area (Å²) in [6.45, 7) is 17.0. The topological polar surface area (TPSA) is 120 Å². The van der Waals surface area contributed by atoms with E-state index in [1.165, 1.54) is 18.1 Å². The SMILES string of the molecule is C#CCN(C)C(=O)N[C@@H](CCc1oc(C(=O)OCC=C)nc1C(=O)OC)CO[Si](C(C)C)(C(C)C)C(C)C. The van der Waals surface area contributed by atoms with Crippen molar-refractivity contribution in [2.45, 2.75) is 77.0 Å². The lowest BCUT2D eigenvalue weighted by atomic mass is 10.1. The third-order valence-corrected chi connectivity index (χ3v) is 12.6. The number of nitrogens with one attached hydrogen (secondary N) is 1. The Balaban J connectivity index is 3.25. The minimum absolute atomic E-state index is 0.0338. The molecule has 0 saturated carbocycles. The van der Waals surface area contributed by atoms with Crippen LogP contribution in [0, 0.1) is 12.3 Å². The molecule has 0 aliphatic heterocycles. The Hall–Kier alpha value is -3.10. The van der Waals surface area contributed by atoms with Crippen LogP contribution in [0.1, 0.15) is 74.9 Å². The van der Waals surface area contributed by atoms with Gasteiger partial charge in [-0.2, -0.15) is 4.98 Å². The number of ether oxygens (including phenoxy) is 2. The summed E-state index contributed by atoms with van der Waals surface area (Å²) in [5, 5.41) is 2.99. The van der Waals surface area contributed by atoms with Gasteiger partial charge in [-0.05, 0) is 23.0 Å². The van der Waals surface area contributed by atoms with Gasteiger partial charge in [0.25, 0.3) is 0 Å². The number of esters is 2. The third-order valence-electron chi connectivity index (χ3n) is 6.55. The van der Waals surface area contributed by atoms with Crippen LogP contribution in [0.25, 0.3) is 0 Å². The molecular formula is C27H43N3O7Si. The molecule has 0 aliphatic carbocycles. The van der Waals surface area contributed by atoms with Crippen molar-refractivity contribution in [2.75, 3.05) is 33.9 Å². The van der Waals surface area contributed by atoms with Gasteiger partial charge in [0.1, 0.15) is 12.4 Å². The fourth-order valence-electron chi connectivity index (χ4n) is 4.80. The summed E-state index contributed by atoms with van der Waals surface area (Å²) in [6, 6.07) is -0.778. The lowest BCUT2D eigenvalue weighted by Gasteiger charge is -2.43. The molecule has 0 saturated heterocycles. The van der Waals surface area contributed by atoms with Crippen molar-refractivity contribution in [3.8, 4) is 12.3 Å². The first kappa shape index (κ1) is 32.9. The molecule has 0 aromatic carbocycles. The number of aromatic nitrogens is 1. The van der Waals surface area contributed by atoms with Gasteiger partial charge in [-0.15, -0.1) is 6.42 Å². The van der Waals surface area contributed by atoms with Crippen molar-refractivity contribution in [2.24, 2.45) is 0 Å².